The number of carbonyl (C=O) groups excluding carboxylic acids is 2. The van der Waals surface area contributed by atoms with Gasteiger partial charge in [0.2, 0.25) is 11.8 Å². The lowest BCUT2D eigenvalue weighted by atomic mass is 9.92. The molecule has 2 heterocycles. The number of amides is 2. The molecule has 0 saturated heterocycles. The molecule has 11 heteroatoms. The molecule has 0 spiro atoms. The summed E-state index contributed by atoms with van der Waals surface area (Å²) in [5, 5.41) is 31.9. The SMILES string of the molecule is Cn1nc(C(C)(C)C)cc1C(=O)N[C@@H](Cc1cccc(-c2nnc(C=N)o2)c1)C(=O)NCC=N. The molecular weight excluding hydrogens is 436 g/mol. The molecule has 0 aliphatic rings. The van der Waals surface area contributed by atoms with Crippen molar-refractivity contribution in [2.45, 2.75) is 38.6 Å². The van der Waals surface area contributed by atoms with Crippen LogP contribution < -0.4 is 10.6 Å². The molecule has 4 N–H and O–H groups in total. The van der Waals surface area contributed by atoms with E-state index < -0.39 is 17.9 Å². The van der Waals surface area contributed by atoms with Crippen LogP contribution in [-0.2, 0) is 23.7 Å². The first-order valence-electron chi connectivity index (χ1n) is 10.7. The van der Waals surface area contributed by atoms with Crippen molar-refractivity contribution in [3.05, 3.63) is 53.2 Å². The molecule has 1 atom stereocenters. The Hall–Kier alpha value is -4.15. The highest BCUT2D eigenvalue weighted by molar-refractivity contribution is 5.96. The molecule has 0 saturated carbocycles. The maximum Gasteiger partial charge on any atom is 0.270 e. The smallest absolute Gasteiger partial charge is 0.270 e. The Bertz CT molecular complexity index is 1210. The van der Waals surface area contributed by atoms with Crippen LogP contribution >= 0.6 is 0 Å². The van der Waals surface area contributed by atoms with Gasteiger partial charge in [-0.15, -0.1) is 10.2 Å². The van der Waals surface area contributed by atoms with Gasteiger partial charge in [-0.1, -0.05) is 32.9 Å². The number of nitrogens with zero attached hydrogens (tertiary/aromatic N) is 4. The minimum atomic E-state index is -0.893. The number of hydrogen-bond acceptors (Lipinski definition) is 8. The first-order valence-corrected chi connectivity index (χ1v) is 10.7. The van der Waals surface area contributed by atoms with Gasteiger partial charge in [0.1, 0.15) is 11.7 Å². The first-order chi connectivity index (χ1) is 16.1. The maximum absolute atomic E-state index is 13.1. The van der Waals surface area contributed by atoms with Gasteiger partial charge in [-0.3, -0.25) is 14.3 Å². The normalized spacial score (nSPS) is 12.1. The molecule has 0 fully saturated rings. The van der Waals surface area contributed by atoms with Crippen LogP contribution in [0, 0.1) is 10.8 Å². The van der Waals surface area contributed by atoms with Gasteiger partial charge in [-0.05, 0) is 23.8 Å². The van der Waals surface area contributed by atoms with Crippen molar-refractivity contribution in [1.29, 1.82) is 10.8 Å². The van der Waals surface area contributed by atoms with Crippen LogP contribution in [0.4, 0.5) is 0 Å². The highest BCUT2D eigenvalue weighted by Crippen LogP contribution is 2.22. The van der Waals surface area contributed by atoms with Crippen LogP contribution in [0.2, 0.25) is 0 Å². The first kappa shape index (κ1) is 24.5. The zero-order valence-electron chi connectivity index (χ0n) is 19.5. The van der Waals surface area contributed by atoms with Crippen LogP contribution in [0.1, 0.15) is 48.4 Å². The minimum absolute atomic E-state index is 0.0551. The Balaban J connectivity index is 1.84. The van der Waals surface area contributed by atoms with Gasteiger partial charge in [0.15, 0.2) is 0 Å². The summed E-state index contributed by atoms with van der Waals surface area (Å²) in [6, 6.07) is 7.99. The number of hydrogen-bond donors (Lipinski definition) is 4. The summed E-state index contributed by atoms with van der Waals surface area (Å²) < 4.78 is 6.90. The lowest BCUT2D eigenvalue weighted by Gasteiger charge is -2.18. The van der Waals surface area contributed by atoms with E-state index in [1.807, 2.05) is 26.8 Å². The molecule has 2 aromatic heterocycles. The van der Waals surface area contributed by atoms with E-state index >= 15 is 0 Å². The zero-order valence-corrected chi connectivity index (χ0v) is 19.5. The second kappa shape index (κ2) is 10.2. The van der Waals surface area contributed by atoms with Crippen LogP contribution in [0.3, 0.4) is 0 Å². The summed E-state index contributed by atoms with van der Waals surface area (Å²) in [6.07, 6.45) is 2.23. The molecule has 0 aliphatic heterocycles. The molecule has 2 amide bonds. The highest BCUT2D eigenvalue weighted by atomic mass is 16.4. The Labute approximate surface area is 197 Å². The number of aryl methyl sites for hydroxylation is 1. The van der Waals surface area contributed by atoms with E-state index in [-0.39, 0.29) is 30.2 Å². The minimum Gasteiger partial charge on any atom is -0.415 e. The van der Waals surface area contributed by atoms with Crippen LogP contribution in [0.5, 0.6) is 0 Å². The van der Waals surface area contributed by atoms with E-state index in [9.17, 15) is 9.59 Å². The fourth-order valence-electron chi connectivity index (χ4n) is 3.24. The third-order valence-electron chi connectivity index (χ3n) is 5.06. The van der Waals surface area contributed by atoms with Crippen LogP contribution in [-0.4, -0.2) is 56.8 Å². The third-order valence-corrected chi connectivity index (χ3v) is 5.06. The lowest BCUT2D eigenvalue weighted by molar-refractivity contribution is -0.122. The van der Waals surface area contributed by atoms with Gasteiger partial charge in [-0.2, -0.15) is 5.10 Å². The van der Waals surface area contributed by atoms with E-state index in [0.29, 0.717) is 11.3 Å². The molecule has 3 rings (SSSR count). The van der Waals surface area contributed by atoms with Crippen molar-refractivity contribution >= 4 is 24.2 Å². The molecule has 3 aromatic rings. The highest BCUT2D eigenvalue weighted by Gasteiger charge is 2.26. The summed E-state index contributed by atoms with van der Waals surface area (Å²) in [4.78, 5) is 25.9. The predicted octanol–water partition coefficient (Wildman–Crippen LogP) is 1.87. The number of aromatic nitrogens is 4. The predicted molar refractivity (Wildman–Crippen MR) is 126 cm³/mol. The second-order valence-electron chi connectivity index (χ2n) is 8.76. The Morgan fingerprint density at radius 3 is 2.59 bits per heavy atom. The Morgan fingerprint density at radius 2 is 1.97 bits per heavy atom. The molecule has 0 bridgehead atoms. The fourth-order valence-corrected chi connectivity index (χ4v) is 3.24. The van der Waals surface area contributed by atoms with Crippen LogP contribution in [0.25, 0.3) is 11.5 Å². The molecule has 178 valence electrons. The van der Waals surface area contributed by atoms with Crippen molar-refractivity contribution < 1.29 is 14.0 Å². The summed E-state index contributed by atoms with van der Waals surface area (Å²) in [5.74, 6) is -0.505. The van der Waals surface area contributed by atoms with Crippen molar-refractivity contribution in [3.8, 4) is 11.5 Å². The number of benzene rings is 1. The van der Waals surface area contributed by atoms with Gasteiger partial charge < -0.3 is 25.9 Å². The number of nitrogens with one attached hydrogen (secondary N) is 4. The second-order valence-corrected chi connectivity index (χ2v) is 8.76. The number of rotatable bonds is 9. The van der Waals surface area contributed by atoms with Gasteiger partial charge in [0, 0.05) is 30.7 Å². The molecule has 0 radical (unpaired) electrons. The maximum atomic E-state index is 13.1. The van der Waals surface area contributed by atoms with Gasteiger partial charge in [0.05, 0.1) is 18.5 Å². The average Bonchev–Trinajstić information content (AvgIpc) is 3.44. The molecule has 0 unspecified atom stereocenters. The molecule has 34 heavy (non-hydrogen) atoms. The van der Waals surface area contributed by atoms with Gasteiger partial charge >= 0.3 is 0 Å². The summed E-state index contributed by atoms with van der Waals surface area (Å²) in [5.41, 5.74) is 2.26. The standard InChI is InChI=1S/C23H28N8O3/c1-23(2,3)18-12-17(31(4)30-18)21(33)27-16(20(32)26-9-8-24)11-14-6-5-7-15(10-14)22-29-28-19(13-25)34-22/h5-8,10,12-13,16,24-25H,9,11H2,1-4H3,(H,26,32)(H,27,33)/t16-/m0/s1. The zero-order chi connectivity index (χ0) is 24.9. The Kier molecular flexibility index (Phi) is 7.34. The summed E-state index contributed by atoms with van der Waals surface area (Å²) in [6.45, 7) is 6.07. The van der Waals surface area contributed by atoms with E-state index in [2.05, 4.69) is 25.9 Å². The third kappa shape index (κ3) is 5.80. The van der Waals surface area contributed by atoms with E-state index in [0.717, 1.165) is 23.7 Å². The number of carbonyl (C=O) groups is 2. The Morgan fingerprint density at radius 1 is 1.21 bits per heavy atom. The van der Waals surface area contributed by atoms with Crippen molar-refractivity contribution in [3.63, 3.8) is 0 Å². The van der Waals surface area contributed by atoms with E-state index in [1.54, 1.807) is 31.3 Å². The lowest BCUT2D eigenvalue weighted by Crippen LogP contribution is -2.48. The monoisotopic (exact) mass is 464 g/mol. The topological polar surface area (TPSA) is 163 Å². The molecule has 1 aromatic carbocycles. The van der Waals surface area contributed by atoms with Crippen molar-refractivity contribution in [2.75, 3.05) is 6.54 Å². The molecule has 11 nitrogen and oxygen atoms in total. The summed E-state index contributed by atoms with van der Waals surface area (Å²) >= 11 is 0. The van der Waals surface area contributed by atoms with E-state index in [1.165, 1.54) is 4.68 Å². The quantitative estimate of drug-likeness (QED) is 0.353. The molecular formula is C23H28N8O3. The fraction of sp³-hybridized carbons (Fsp3) is 0.348. The van der Waals surface area contributed by atoms with Crippen molar-refractivity contribution in [2.24, 2.45) is 7.05 Å². The van der Waals surface area contributed by atoms with Gasteiger partial charge in [-0.25, -0.2) is 0 Å². The van der Waals surface area contributed by atoms with Crippen molar-refractivity contribution in [1.82, 2.24) is 30.6 Å². The largest absolute Gasteiger partial charge is 0.415 e. The van der Waals surface area contributed by atoms with Crippen LogP contribution in [0.15, 0.2) is 34.7 Å². The summed E-state index contributed by atoms with van der Waals surface area (Å²) in [7, 11) is 1.69. The van der Waals surface area contributed by atoms with E-state index in [4.69, 9.17) is 15.2 Å². The van der Waals surface area contributed by atoms with Gasteiger partial charge in [0.25, 0.3) is 11.8 Å². The average molecular weight is 465 g/mol. The molecule has 0 aliphatic carbocycles.